The van der Waals surface area contributed by atoms with Crippen LogP contribution in [0.2, 0.25) is 0 Å². The number of fused-ring (bicyclic) bond motifs is 1. The molecule has 0 spiro atoms. The van der Waals surface area contributed by atoms with E-state index in [9.17, 15) is 4.79 Å². The van der Waals surface area contributed by atoms with Crippen molar-refractivity contribution in [1.82, 2.24) is 9.38 Å². The third-order valence-electron chi connectivity index (χ3n) is 3.95. The molecule has 2 aromatic heterocycles. The summed E-state index contributed by atoms with van der Waals surface area (Å²) >= 11 is 0. The summed E-state index contributed by atoms with van der Waals surface area (Å²) in [6, 6.07) is 7.84. The number of hydrogen-bond acceptors (Lipinski definition) is 3. The highest BCUT2D eigenvalue weighted by Crippen LogP contribution is 2.24. The zero-order chi connectivity index (χ0) is 13.2. The molecule has 19 heavy (non-hydrogen) atoms. The van der Waals surface area contributed by atoms with Crippen LogP contribution in [0, 0.1) is 0 Å². The molecule has 1 aliphatic heterocycles. The van der Waals surface area contributed by atoms with Crippen LogP contribution in [0.4, 0.5) is 5.82 Å². The highest BCUT2D eigenvalue weighted by Gasteiger charge is 2.22. The maximum Gasteiger partial charge on any atom is 0.259 e. The lowest BCUT2D eigenvalue weighted by Crippen LogP contribution is -2.40. The summed E-state index contributed by atoms with van der Waals surface area (Å²) in [6.45, 7) is 3.21. The van der Waals surface area contributed by atoms with Gasteiger partial charge in [-0.05, 0) is 37.8 Å². The van der Waals surface area contributed by atoms with Crippen LogP contribution in [-0.4, -0.2) is 22.0 Å². The lowest BCUT2D eigenvalue weighted by Gasteiger charge is -2.36. The van der Waals surface area contributed by atoms with Gasteiger partial charge in [-0.3, -0.25) is 9.20 Å². The fourth-order valence-corrected chi connectivity index (χ4v) is 2.91. The lowest BCUT2D eigenvalue weighted by atomic mass is 10.0. The molecule has 0 aliphatic carbocycles. The van der Waals surface area contributed by atoms with E-state index < -0.39 is 0 Å². The van der Waals surface area contributed by atoms with Crippen molar-refractivity contribution in [3.05, 3.63) is 40.8 Å². The standard InChI is InChI=1S/C15H19N3O/c1-2-12-7-3-5-9-17(12)14-11-15(19)18-10-6-4-8-13(18)16-14/h4,6,8,10-12H,2-3,5,7,9H2,1H3/t12-/m1/s1. The van der Waals surface area contributed by atoms with Gasteiger partial charge in [-0.1, -0.05) is 13.0 Å². The number of anilines is 1. The van der Waals surface area contributed by atoms with E-state index in [0.717, 1.165) is 24.4 Å². The number of pyridine rings is 1. The molecule has 1 aliphatic rings. The second kappa shape index (κ2) is 5.03. The number of hydrogen-bond donors (Lipinski definition) is 0. The molecule has 100 valence electrons. The van der Waals surface area contributed by atoms with Crippen LogP contribution in [0.15, 0.2) is 35.3 Å². The first-order valence-corrected chi connectivity index (χ1v) is 7.04. The van der Waals surface area contributed by atoms with E-state index in [-0.39, 0.29) is 5.56 Å². The first-order valence-electron chi connectivity index (χ1n) is 7.04. The Kier molecular flexibility index (Phi) is 3.23. The fraction of sp³-hybridized carbons (Fsp3) is 0.467. The predicted octanol–water partition coefficient (Wildman–Crippen LogP) is 2.46. The van der Waals surface area contributed by atoms with Crippen LogP contribution in [0.5, 0.6) is 0 Å². The number of rotatable bonds is 2. The van der Waals surface area contributed by atoms with Crippen LogP contribution in [-0.2, 0) is 0 Å². The Hall–Kier alpha value is -1.84. The van der Waals surface area contributed by atoms with Crippen LogP contribution >= 0.6 is 0 Å². The minimum absolute atomic E-state index is 0.000950. The summed E-state index contributed by atoms with van der Waals surface area (Å²) < 4.78 is 1.59. The zero-order valence-electron chi connectivity index (χ0n) is 11.2. The van der Waals surface area contributed by atoms with Crippen molar-refractivity contribution in [2.24, 2.45) is 0 Å². The normalized spacial score (nSPS) is 19.8. The molecule has 0 saturated carbocycles. The molecule has 2 aromatic rings. The maximum atomic E-state index is 12.1. The molecule has 0 aromatic carbocycles. The largest absolute Gasteiger partial charge is 0.353 e. The second-order valence-electron chi connectivity index (χ2n) is 5.13. The van der Waals surface area contributed by atoms with E-state index in [1.165, 1.54) is 19.3 Å². The Bertz CT molecular complexity index is 635. The molecule has 0 N–H and O–H groups in total. The van der Waals surface area contributed by atoms with E-state index in [1.807, 2.05) is 18.2 Å². The summed E-state index contributed by atoms with van der Waals surface area (Å²) in [6.07, 6.45) is 6.54. The average Bonchev–Trinajstić information content (AvgIpc) is 2.47. The minimum atomic E-state index is 0.000950. The summed E-state index contributed by atoms with van der Waals surface area (Å²) in [4.78, 5) is 19.1. The van der Waals surface area contributed by atoms with Gasteiger partial charge in [0.2, 0.25) is 0 Å². The predicted molar refractivity (Wildman–Crippen MR) is 76.7 cm³/mol. The molecule has 3 heterocycles. The number of piperidine rings is 1. The molecule has 0 amide bonds. The SMILES string of the molecule is CC[C@@H]1CCCCN1c1cc(=O)n2ccccc2n1. The van der Waals surface area contributed by atoms with Gasteiger partial charge in [0.25, 0.3) is 5.56 Å². The number of nitrogens with zero attached hydrogens (tertiary/aromatic N) is 3. The van der Waals surface area contributed by atoms with Gasteiger partial charge in [-0.25, -0.2) is 4.98 Å². The van der Waals surface area contributed by atoms with Gasteiger partial charge in [0.1, 0.15) is 11.5 Å². The van der Waals surface area contributed by atoms with Crippen molar-refractivity contribution in [2.75, 3.05) is 11.4 Å². The van der Waals surface area contributed by atoms with Crippen LogP contribution in [0.25, 0.3) is 5.65 Å². The van der Waals surface area contributed by atoms with Crippen molar-refractivity contribution in [3.8, 4) is 0 Å². The first kappa shape index (κ1) is 12.2. The average molecular weight is 257 g/mol. The minimum Gasteiger partial charge on any atom is -0.353 e. The van der Waals surface area contributed by atoms with E-state index in [1.54, 1.807) is 16.7 Å². The third-order valence-corrected chi connectivity index (χ3v) is 3.95. The van der Waals surface area contributed by atoms with Crippen molar-refractivity contribution < 1.29 is 0 Å². The van der Waals surface area contributed by atoms with E-state index in [0.29, 0.717) is 6.04 Å². The van der Waals surface area contributed by atoms with E-state index in [4.69, 9.17) is 0 Å². The Labute approximate surface area is 112 Å². The fourth-order valence-electron chi connectivity index (χ4n) is 2.91. The van der Waals surface area contributed by atoms with Gasteiger partial charge in [0.05, 0.1) is 0 Å². The summed E-state index contributed by atoms with van der Waals surface area (Å²) in [5, 5.41) is 0. The lowest BCUT2D eigenvalue weighted by molar-refractivity contribution is 0.447. The number of aromatic nitrogens is 2. The van der Waals surface area contributed by atoms with Gasteiger partial charge in [-0.15, -0.1) is 0 Å². The van der Waals surface area contributed by atoms with Gasteiger partial charge in [0.15, 0.2) is 0 Å². The van der Waals surface area contributed by atoms with Crippen LogP contribution in [0.1, 0.15) is 32.6 Å². The van der Waals surface area contributed by atoms with Gasteiger partial charge in [0, 0.05) is 24.8 Å². The van der Waals surface area contributed by atoms with Crippen molar-refractivity contribution in [2.45, 2.75) is 38.6 Å². The molecule has 3 rings (SSSR count). The quantitative estimate of drug-likeness (QED) is 0.829. The highest BCUT2D eigenvalue weighted by atomic mass is 16.1. The summed E-state index contributed by atoms with van der Waals surface area (Å²) in [5.41, 5.74) is 0.728. The summed E-state index contributed by atoms with van der Waals surface area (Å²) in [7, 11) is 0. The molecule has 0 bridgehead atoms. The van der Waals surface area contributed by atoms with E-state index >= 15 is 0 Å². The molecular weight excluding hydrogens is 238 g/mol. The smallest absolute Gasteiger partial charge is 0.259 e. The highest BCUT2D eigenvalue weighted by molar-refractivity contribution is 5.48. The van der Waals surface area contributed by atoms with Crippen molar-refractivity contribution in [3.63, 3.8) is 0 Å². The van der Waals surface area contributed by atoms with Crippen LogP contribution < -0.4 is 10.5 Å². The molecule has 0 unspecified atom stereocenters. The second-order valence-corrected chi connectivity index (χ2v) is 5.13. The third kappa shape index (κ3) is 2.23. The van der Waals surface area contributed by atoms with Gasteiger partial charge in [-0.2, -0.15) is 0 Å². The van der Waals surface area contributed by atoms with Crippen molar-refractivity contribution >= 4 is 11.5 Å². The first-order chi connectivity index (χ1) is 9.29. The molecular formula is C15H19N3O. The zero-order valence-corrected chi connectivity index (χ0v) is 11.2. The maximum absolute atomic E-state index is 12.1. The molecule has 1 atom stereocenters. The molecule has 1 saturated heterocycles. The topological polar surface area (TPSA) is 37.6 Å². The molecule has 4 nitrogen and oxygen atoms in total. The Balaban J connectivity index is 2.07. The van der Waals surface area contributed by atoms with Crippen molar-refractivity contribution in [1.29, 1.82) is 0 Å². The summed E-state index contributed by atoms with van der Waals surface area (Å²) in [5.74, 6) is 0.836. The van der Waals surface area contributed by atoms with Gasteiger partial charge >= 0.3 is 0 Å². The Morgan fingerprint density at radius 3 is 3.11 bits per heavy atom. The van der Waals surface area contributed by atoms with Gasteiger partial charge < -0.3 is 4.90 Å². The van der Waals surface area contributed by atoms with E-state index in [2.05, 4.69) is 16.8 Å². The molecule has 1 fully saturated rings. The Morgan fingerprint density at radius 1 is 1.37 bits per heavy atom. The Morgan fingerprint density at radius 2 is 2.26 bits per heavy atom. The van der Waals surface area contributed by atoms with Crippen LogP contribution in [0.3, 0.4) is 0 Å². The molecule has 0 radical (unpaired) electrons. The monoisotopic (exact) mass is 257 g/mol. The molecule has 4 heteroatoms.